The zero-order valence-electron chi connectivity index (χ0n) is 18.6. The monoisotopic (exact) mass is 375 g/mol. The van der Waals surface area contributed by atoms with Gasteiger partial charge in [-0.2, -0.15) is 0 Å². The average Bonchev–Trinajstić information content (AvgIpc) is 2.68. The molecule has 0 saturated carbocycles. The molecule has 2 nitrogen and oxygen atoms in total. The summed E-state index contributed by atoms with van der Waals surface area (Å²) in [6.45, 7) is 4.44. The summed E-state index contributed by atoms with van der Waals surface area (Å²) >= 11 is 0. The van der Waals surface area contributed by atoms with Gasteiger partial charge in [-0.15, -0.1) is 0 Å². The van der Waals surface area contributed by atoms with Crippen molar-refractivity contribution >= 4 is 5.69 Å². The first kappa shape index (κ1) is 24.2. The Balaban J connectivity index is 1.83. The first-order valence-electron chi connectivity index (χ1n) is 11.8. The number of hydrogen-bond donors (Lipinski definition) is 1. The molecule has 0 amide bonds. The third-order valence-electron chi connectivity index (χ3n) is 5.67. The van der Waals surface area contributed by atoms with Gasteiger partial charge in [-0.1, -0.05) is 109 Å². The van der Waals surface area contributed by atoms with Crippen LogP contribution in [0.25, 0.3) is 0 Å². The van der Waals surface area contributed by atoms with Gasteiger partial charge < -0.3 is 0 Å². The minimum absolute atomic E-state index is 0.902. The molecule has 0 bridgehead atoms. The quantitative estimate of drug-likeness (QED) is 0.161. The fourth-order valence-electron chi connectivity index (χ4n) is 3.73. The summed E-state index contributed by atoms with van der Waals surface area (Å²) in [7, 11) is 4.54. The largest absolute Gasteiger partial charge is 0.284 e. The molecular formula is C25H47N2+. The molecule has 1 aromatic rings. The Morgan fingerprint density at radius 2 is 1.07 bits per heavy atom. The van der Waals surface area contributed by atoms with Crippen LogP contribution in [0.4, 0.5) is 5.69 Å². The fourth-order valence-corrected chi connectivity index (χ4v) is 3.73. The highest BCUT2D eigenvalue weighted by Crippen LogP contribution is 2.16. The van der Waals surface area contributed by atoms with Crippen molar-refractivity contribution < 1.29 is 0 Å². The SMILES string of the molecule is CCCCCCCCCCCCCCCCNC[N+](C)(C)c1ccccc1. The van der Waals surface area contributed by atoms with E-state index in [-0.39, 0.29) is 0 Å². The van der Waals surface area contributed by atoms with E-state index in [9.17, 15) is 0 Å². The van der Waals surface area contributed by atoms with E-state index in [4.69, 9.17) is 0 Å². The lowest BCUT2D eigenvalue weighted by molar-refractivity contribution is 0.358. The van der Waals surface area contributed by atoms with E-state index >= 15 is 0 Å². The number of nitrogens with one attached hydrogen (secondary N) is 1. The van der Waals surface area contributed by atoms with E-state index in [1.165, 1.54) is 95.6 Å². The van der Waals surface area contributed by atoms with Crippen molar-refractivity contribution in [3.05, 3.63) is 30.3 Å². The second-order valence-corrected chi connectivity index (χ2v) is 8.77. The van der Waals surface area contributed by atoms with Gasteiger partial charge in [-0.25, -0.2) is 0 Å². The van der Waals surface area contributed by atoms with Crippen LogP contribution in [0, 0.1) is 0 Å². The average molecular weight is 376 g/mol. The van der Waals surface area contributed by atoms with Gasteiger partial charge in [0.15, 0.2) is 0 Å². The van der Waals surface area contributed by atoms with E-state index in [1.807, 2.05) is 0 Å². The van der Waals surface area contributed by atoms with Crippen LogP contribution in [0.1, 0.15) is 96.8 Å². The summed E-state index contributed by atoms with van der Waals surface area (Å²) < 4.78 is 0.902. The van der Waals surface area contributed by atoms with E-state index in [0.717, 1.165) is 17.7 Å². The third-order valence-corrected chi connectivity index (χ3v) is 5.67. The summed E-state index contributed by atoms with van der Waals surface area (Å²) in [5.41, 5.74) is 1.37. The van der Waals surface area contributed by atoms with Gasteiger partial charge in [-0.05, 0) is 18.6 Å². The van der Waals surface area contributed by atoms with Crippen molar-refractivity contribution in [2.45, 2.75) is 96.8 Å². The van der Waals surface area contributed by atoms with Gasteiger partial charge in [0.05, 0.1) is 14.1 Å². The molecule has 0 aliphatic heterocycles. The van der Waals surface area contributed by atoms with Crippen LogP contribution >= 0.6 is 0 Å². The predicted octanol–water partition coefficient (Wildman–Crippen LogP) is 7.28. The van der Waals surface area contributed by atoms with E-state index in [1.54, 1.807) is 0 Å². The van der Waals surface area contributed by atoms with Crippen LogP contribution in [-0.2, 0) is 0 Å². The van der Waals surface area contributed by atoms with Gasteiger partial charge in [0, 0.05) is 6.54 Å². The zero-order valence-corrected chi connectivity index (χ0v) is 18.6. The lowest BCUT2D eigenvalue weighted by Gasteiger charge is -2.29. The molecule has 0 saturated heterocycles. The van der Waals surface area contributed by atoms with Crippen molar-refractivity contribution in [3.63, 3.8) is 0 Å². The molecule has 0 spiro atoms. The topological polar surface area (TPSA) is 12.0 Å². The molecule has 0 aliphatic rings. The first-order valence-corrected chi connectivity index (χ1v) is 11.8. The molecule has 0 aromatic heterocycles. The molecule has 156 valence electrons. The van der Waals surface area contributed by atoms with Gasteiger partial charge >= 0.3 is 0 Å². The number of benzene rings is 1. The van der Waals surface area contributed by atoms with E-state index in [0.29, 0.717) is 0 Å². The van der Waals surface area contributed by atoms with Crippen molar-refractivity contribution in [1.82, 2.24) is 9.80 Å². The number of unbranched alkanes of at least 4 members (excludes halogenated alkanes) is 13. The molecule has 1 N–H and O–H groups in total. The maximum Gasteiger partial charge on any atom is 0.136 e. The third kappa shape index (κ3) is 13.0. The zero-order chi connectivity index (χ0) is 19.6. The van der Waals surface area contributed by atoms with Crippen LogP contribution in [0.5, 0.6) is 0 Å². The Kier molecular flexibility index (Phi) is 14.4. The van der Waals surface area contributed by atoms with Crippen molar-refractivity contribution in [2.75, 3.05) is 27.3 Å². The van der Waals surface area contributed by atoms with Crippen molar-refractivity contribution in [2.24, 2.45) is 0 Å². The minimum Gasteiger partial charge on any atom is -0.284 e. The molecular weight excluding hydrogens is 328 g/mol. The van der Waals surface area contributed by atoms with Crippen LogP contribution in [0.15, 0.2) is 30.3 Å². The Morgan fingerprint density at radius 3 is 1.56 bits per heavy atom. The van der Waals surface area contributed by atoms with Crippen LogP contribution in [-0.4, -0.2) is 27.3 Å². The molecule has 2 heteroatoms. The van der Waals surface area contributed by atoms with Gasteiger partial charge in [0.1, 0.15) is 12.4 Å². The van der Waals surface area contributed by atoms with Crippen LogP contribution in [0.2, 0.25) is 0 Å². The van der Waals surface area contributed by atoms with Crippen LogP contribution in [0.3, 0.4) is 0 Å². The number of rotatable bonds is 18. The standard InChI is InChI=1S/C25H47N2/c1-4-5-6-7-8-9-10-11-12-13-14-15-16-20-23-26-24-27(2,3)25-21-18-17-19-22-25/h17-19,21-22,26H,4-16,20,23-24H2,1-3H3/q+1. The van der Waals surface area contributed by atoms with Crippen LogP contribution < -0.4 is 9.80 Å². The molecule has 0 heterocycles. The summed E-state index contributed by atoms with van der Waals surface area (Å²) in [6.07, 6.45) is 20.0. The summed E-state index contributed by atoms with van der Waals surface area (Å²) in [4.78, 5) is 0. The van der Waals surface area contributed by atoms with E-state index < -0.39 is 0 Å². The lowest BCUT2D eigenvalue weighted by Crippen LogP contribution is -2.47. The van der Waals surface area contributed by atoms with Gasteiger partial charge in [0.2, 0.25) is 0 Å². The number of hydrogen-bond acceptors (Lipinski definition) is 1. The molecule has 1 aromatic carbocycles. The number of nitrogens with zero attached hydrogens (tertiary/aromatic N) is 1. The predicted molar refractivity (Wildman–Crippen MR) is 123 cm³/mol. The lowest BCUT2D eigenvalue weighted by atomic mass is 10.0. The Hall–Kier alpha value is -0.860. The molecule has 0 aliphatic carbocycles. The maximum absolute atomic E-state index is 3.64. The Morgan fingerprint density at radius 1 is 0.630 bits per heavy atom. The second kappa shape index (κ2) is 16.1. The fraction of sp³-hybridized carbons (Fsp3) is 0.760. The molecule has 0 atom stereocenters. The van der Waals surface area contributed by atoms with Gasteiger partial charge in [0.25, 0.3) is 0 Å². The van der Waals surface area contributed by atoms with Crippen molar-refractivity contribution in [3.8, 4) is 0 Å². The Labute approximate surface area is 170 Å². The molecule has 0 fully saturated rings. The highest BCUT2D eigenvalue weighted by Gasteiger charge is 2.16. The molecule has 1 rings (SSSR count). The number of quaternary nitrogens is 1. The molecule has 27 heavy (non-hydrogen) atoms. The minimum atomic E-state index is 0.902. The summed E-state index contributed by atoms with van der Waals surface area (Å²) in [5.74, 6) is 0. The molecule has 0 unspecified atom stereocenters. The smallest absolute Gasteiger partial charge is 0.136 e. The summed E-state index contributed by atoms with van der Waals surface area (Å²) in [5, 5.41) is 3.64. The highest BCUT2D eigenvalue weighted by molar-refractivity contribution is 5.40. The number of para-hydroxylation sites is 1. The highest BCUT2D eigenvalue weighted by atomic mass is 15.4. The van der Waals surface area contributed by atoms with Gasteiger partial charge in [-0.3, -0.25) is 9.80 Å². The van der Waals surface area contributed by atoms with Crippen molar-refractivity contribution in [1.29, 1.82) is 0 Å². The summed E-state index contributed by atoms with van der Waals surface area (Å²) in [6, 6.07) is 10.8. The first-order chi connectivity index (χ1) is 13.2. The molecule has 0 radical (unpaired) electrons. The second-order valence-electron chi connectivity index (χ2n) is 8.77. The van der Waals surface area contributed by atoms with E-state index in [2.05, 4.69) is 56.7 Å². The maximum atomic E-state index is 3.64. The normalized spacial score (nSPS) is 11.8. The Bertz CT molecular complexity index is 427.